The van der Waals surface area contributed by atoms with Gasteiger partial charge in [-0.2, -0.15) is 0 Å². The Morgan fingerprint density at radius 1 is 1.38 bits per heavy atom. The molecule has 1 aliphatic heterocycles. The van der Waals surface area contributed by atoms with Crippen LogP contribution < -0.4 is 5.32 Å². The first-order chi connectivity index (χ1) is 7.61. The van der Waals surface area contributed by atoms with E-state index < -0.39 is 0 Å². The van der Waals surface area contributed by atoms with E-state index in [1.807, 2.05) is 13.8 Å². The third kappa shape index (κ3) is 2.04. The van der Waals surface area contributed by atoms with E-state index in [4.69, 9.17) is 11.6 Å². The lowest BCUT2D eigenvalue weighted by Crippen LogP contribution is -2.27. The van der Waals surface area contributed by atoms with Crippen molar-refractivity contribution >= 4 is 11.6 Å². The van der Waals surface area contributed by atoms with Crippen molar-refractivity contribution in [2.24, 2.45) is 0 Å². The minimum Gasteiger partial charge on any atom is -0.506 e. The average Bonchev–Trinajstić information content (AvgIpc) is 2.32. The molecule has 0 bridgehead atoms. The molecule has 16 heavy (non-hydrogen) atoms. The summed E-state index contributed by atoms with van der Waals surface area (Å²) in [7, 11) is 0. The summed E-state index contributed by atoms with van der Waals surface area (Å²) < 4.78 is 0. The van der Waals surface area contributed by atoms with Crippen molar-refractivity contribution in [1.82, 2.24) is 5.32 Å². The van der Waals surface area contributed by atoms with Crippen molar-refractivity contribution in [2.45, 2.75) is 39.2 Å². The fourth-order valence-corrected chi connectivity index (χ4v) is 2.53. The van der Waals surface area contributed by atoms with Gasteiger partial charge in [0.15, 0.2) is 0 Å². The average molecular weight is 240 g/mol. The van der Waals surface area contributed by atoms with Gasteiger partial charge in [0.2, 0.25) is 0 Å². The van der Waals surface area contributed by atoms with E-state index in [0.717, 1.165) is 29.7 Å². The number of halogens is 1. The first-order valence-electron chi connectivity index (χ1n) is 5.83. The molecule has 1 fully saturated rings. The van der Waals surface area contributed by atoms with E-state index >= 15 is 0 Å². The molecule has 88 valence electrons. The zero-order valence-electron chi connectivity index (χ0n) is 9.81. The molecular formula is C13H18ClNO. The highest BCUT2D eigenvalue weighted by atomic mass is 35.5. The fraction of sp³-hybridized carbons (Fsp3) is 0.538. The van der Waals surface area contributed by atoms with Crippen molar-refractivity contribution in [1.29, 1.82) is 0 Å². The molecule has 2 rings (SSSR count). The van der Waals surface area contributed by atoms with Crippen molar-refractivity contribution in [2.75, 3.05) is 6.54 Å². The second-order valence-electron chi connectivity index (χ2n) is 4.57. The summed E-state index contributed by atoms with van der Waals surface area (Å²) in [6.45, 7) is 5.00. The maximum Gasteiger partial charge on any atom is 0.139 e. The zero-order chi connectivity index (χ0) is 11.7. The van der Waals surface area contributed by atoms with Crippen LogP contribution in [0.5, 0.6) is 5.75 Å². The van der Waals surface area contributed by atoms with Gasteiger partial charge in [-0.3, -0.25) is 0 Å². The number of phenolic OH excluding ortho intramolecular Hbond substituents is 1. The zero-order valence-corrected chi connectivity index (χ0v) is 10.6. The Bertz CT molecular complexity index is 397. The van der Waals surface area contributed by atoms with Gasteiger partial charge in [0.05, 0.1) is 5.02 Å². The van der Waals surface area contributed by atoms with E-state index in [-0.39, 0.29) is 11.8 Å². The molecule has 3 heteroatoms. The molecule has 1 atom stereocenters. The van der Waals surface area contributed by atoms with Gasteiger partial charge in [-0.1, -0.05) is 24.1 Å². The Morgan fingerprint density at radius 3 is 2.75 bits per heavy atom. The molecule has 1 saturated heterocycles. The van der Waals surface area contributed by atoms with Crippen molar-refractivity contribution in [3.8, 4) is 5.75 Å². The summed E-state index contributed by atoms with van der Waals surface area (Å²) in [4.78, 5) is 0. The molecule has 1 aromatic carbocycles. The van der Waals surface area contributed by atoms with Crippen LogP contribution in [0.3, 0.4) is 0 Å². The lowest BCUT2D eigenvalue weighted by Gasteiger charge is -2.25. The van der Waals surface area contributed by atoms with Crippen LogP contribution in [0.25, 0.3) is 0 Å². The number of hydrogen-bond donors (Lipinski definition) is 2. The molecule has 0 spiro atoms. The number of benzene rings is 1. The number of aromatic hydroxyl groups is 1. The van der Waals surface area contributed by atoms with Gasteiger partial charge in [-0.05, 0) is 44.4 Å². The molecule has 2 N–H and O–H groups in total. The Morgan fingerprint density at radius 2 is 2.12 bits per heavy atom. The minimum absolute atomic E-state index is 0.254. The van der Waals surface area contributed by atoms with Crippen LogP contribution >= 0.6 is 11.6 Å². The number of aryl methyl sites for hydroxylation is 1. The smallest absolute Gasteiger partial charge is 0.139 e. The second-order valence-corrected chi connectivity index (χ2v) is 4.95. The topological polar surface area (TPSA) is 32.3 Å². The maximum absolute atomic E-state index is 10.1. The van der Waals surface area contributed by atoms with Crippen LogP contribution in [0, 0.1) is 13.8 Å². The Kier molecular flexibility index (Phi) is 3.41. The highest BCUT2D eigenvalue weighted by Gasteiger charge is 2.21. The summed E-state index contributed by atoms with van der Waals surface area (Å²) in [6.07, 6.45) is 3.50. The van der Waals surface area contributed by atoms with Crippen molar-refractivity contribution < 1.29 is 5.11 Å². The maximum atomic E-state index is 10.1. The van der Waals surface area contributed by atoms with Gasteiger partial charge in [0.1, 0.15) is 5.75 Å². The normalized spacial score (nSPS) is 21.1. The lowest BCUT2D eigenvalue weighted by molar-refractivity contribution is 0.390. The Balaban J connectivity index is 2.40. The molecule has 1 heterocycles. The Hall–Kier alpha value is -0.730. The summed E-state index contributed by atoms with van der Waals surface area (Å²) >= 11 is 6.13. The number of nitrogens with one attached hydrogen (secondary N) is 1. The van der Waals surface area contributed by atoms with E-state index in [9.17, 15) is 5.11 Å². The summed E-state index contributed by atoms with van der Waals surface area (Å²) in [5.41, 5.74) is 3.07. The van der Waals surface area contributed by atoms with Crippen molar-refractivity contribution in [3.05, 3.63) is 27.8 Å². The lowest BCUT2D eigenvalue weighted by atomic mass is 9.94. The summed E-state index contributed by atoms with van der Waals surface area (Å²) in [5.74, 6) is 0.254. The number of phenols is 1. The summed E-state index contributed by atoms with van der Waals surface area (Å²) in [6, 6.07) is 2.31. The number of hydrogen-bond acceptors (Lipinski definition) is 2. The molecule has 0 radical (unpaired) electrons. The molecule has 1 aromatic rings. The molecule has 1 unspecified atom stereocenters. The van der Waals surface area contributed by atoms with E-state index in [0.29, 0.717) is 5.02 Å². The van der Waals surface area contributed by atoms with Gasteiger partial charge in [-0.15, -0.1) is 0 Å². The molecule has 0 saturated carbocycles. The predicted molar refractivity (Wildman–Crippen MR) is 67.2 cm³/mol. The van der Waals surface area contributed by atoms with Gasteiger partial charge in [-0.25, -0.2) is 0 Å². The van der Waals surface area contributed by atoms with E-state index in [2.05, 4.69) is 11.4 Å². The van der Waals surface area contributed by atoms with Crippen LogP contribution in [-0.4, -0.2) is 11.7 Å². The van der Waals surface area contributed by atoms with Crippen molar-refractivity contribution in [3.63, 3.8) is 0 Å². The molecule has 1 aliphatic rings. The molecule has 2 nitrogen and oxygen atoms in total. The molecule has 0 aliphatic carbocycles. The largest absolute Gasteiger partial charge is 0.506 e. The van der Waals surface area contributed by atoms with E-state index in [1.54, 1.807) is 0 Å². The summed E-state index contributed by atoms with van der Waals surface area (Å²) in [5, 5.41) is 14.0. The van der Waals surface area contributed by atoms with Gasteiger partial charge < -0.3 is 10.4 Å². The third-order valence-corrected chi connectivity index (χ3v) is 3.92. The van der Waals surface area contributed by atoms with Gasteiger partial charge in [0.25, 0.3) is 0 Å². The molecular weight excluding hydrogens is 222 g/mol. The number of piperidine rings is 1. The standard InChI is InChI=1S/C13H18ClNO/c1-8-7-10(11-5-3-4-6-15-11)13(16)12(14)9(8)2/h7,11,15-16H,3-6H2,1-2H3. The SMILES string of the molecule is Cc1cc(C2CCCCN2)c(O)c(Cl)c1C. The second kappa shape index (κ2) is 4.64. The van der Waals surface area contributed by atoms with Crippen LogP contribution in [0.15, 0.2) is 6.07 Å². The van der Waals surface area contributed by atoms with Gasteiger partial charge in [0, 0.05) is 11.6 Å². The van der Waals surface area contributed by atoms with Crippen LogP contribution in [0.4, 0.5) is 0 Å². The highest BCUT2D eigenvalue weighted by Crippen LogP contribution is 2.38. The first-order valence-corrected chi connectivity index (χ1v) is 6.21. The van der Waals surface area contributed by atoms with Crippen LogP contribution in [0.1, 0.15) is 42.0 Å². The molecule has 0 aromatic heterocycles. The molecule has 0 amide bonds. The van der Waals surface area contributed by atoms with Crippen LogP contribution in [-0.2, 0) is 0 Å². The van der Waals surface area contributed by atoms with Crippen LogP contribution in [0.2, 0.25) is 5.02 Å². The first kappa shape index (κ1) is 11.7. The fourth-order valence-electron chi connectivity index (χ4n) is 2.27. The monoisotopic (exact) mass is 239 g/mol. The quantitative estimate of drug-likeness (QED) is 0.787. The number of rotatable bonds is 1. The predicted octanol–water partition coefficient (Wildman–Crippen LogP) is 3.48. The minimum atomic E-state index is 0.254. The third-order valence-electron chi connectivity index (χ3n) is 3.46. The highest BCUT2D eigenvalue weighted by molar-refractivity contribution is 6.33. The van der Waals surface area contributed by atoms with Gasteiger partial charge >= 0.3 is 0 Å². The van der Waals surface area contributed by atoms with E-state index in [1.165, 1.54) is 12.8 Å². The Labute approximate surface area is 102 Å².